The molecule has 28 heavy (non-hydrogen) atoms. The molecule has 1 amide bonds. The van der Waals surface area contributed by atoms with Gasteiger partial charge >= 0.3 is 5.97 Å². The van der Waals surface area contributed by atoms with Crippen LogP contribution in [0.3, 0.4) is 0 Å². The highest BCUT2D eigenvalue weighted by Crippen LogP contribution is 2.25. The number of esters is 1. The first-order chi connectivity index (χ1) is 13.4. The number of rotatable bonds is 8. The summed E-state index contributed by atoms with van der Waals surface area (Å²) < 4.78 is 30.3. The van der Waals surface area contributed by atoms with Crippen molar-refractivity contribution in [1.29, 1.82) is 10.5 Å². The third kappa shape index (κ3) is 5.44. The number of benzene rings is 1. The Morgan fingerprint density at radius 2 is 1.86 bits per heavy atom. The molecule has 1 saturated heterocycles. The molecule has 1 aromatic carbocycles. The molecule has 0 saturated carbocycles. The fourth-order valence-electron chi connectivity index (χ4n) is 2.75. The molecular weight excluding hydrogens is 384 g/mol. The Morgan fingerprint density at radius 1 is 1.18 bits per heavy atom. The van der Waals surface area contributed by atoms with Crippen molar-refractivity contribution >= 4 is 27.6 Å². The number of nitrogens with zero attached hydrogens (tertiary/aromatic N) is 4. The van der Waals surface area contributed by atoms with Gasteiger partial charge < -0.3 is 9.64 Å². The number of anilines is 1. The molecule has 0 N–H and O–H groups in total. The second-order valence-electron chi connectivity index (χ2n) is 6.07. The van der Waals surface area contributed by atoms with Crippen molar-refractivity contribution in [3.63, 3.8) is 0 Å². The van der Waals surface area contributed by atoms with Crippen molar-refractivity contribution in [3.05, 3.63) is 29.8 Å². The average Bonchev–Trinajstić information content (AvgIpc) is 3.05. The molecule has 10 heteroatoms. The van der Waals surface area contributed by atoms with Crippen molar-refractivity contribution in [2.75, 3.05) is 36.3 Å². The van der Waals surface area contributed by atoms with Gasteiger partial charge in [-0.2, -0.15) is 10.5 Å². The van der Waals surface area contributed by atoms with Crippen LogP contribution in [0, 0.1) is 22.7 Å². The molecule has 1 aliphatic rings. The number of hydrogen-bond acceptors (Lipinski definition) is 7. The number of carbonyl (C=O) groups excluding carboxylic acids is 2. The molecule has 1 heterocycles. The lowest BCUT2D eigenvalue weighted by Gasteiger charge is -2.20. The molecule has 0 unspecified atom stereocenters. The van der Waals surface area contributed by atoms with E-state index in [-0.39, 0.29) is 37.2 Å². The third-order valence-corrected chi connectivity index (χ3v) is 6.01. The molecule has 2 rings (SSSR count). The van der Waals surface area contributed by atoms with Gasteiger partial charge in [-0.25, -0.2) is 13.2 Å². The van der Waals surface area contributed by atoms with Crippen LogP contribution in [0.25, 0.3) is 0 Å². The first kappa shape index (κ1) is 21.2. The lowest BCUT2D eigenvalue weighted by atomic mass is 10.2. The molecule has 1 aliphatic heterocycles. The van der Waals surface area contributed by atoms with Gasteiger partial charge in [-0.15, -0.1) is 0 Å². The monoisotopic (exact) mass is 404 g/mol. The molecule has 9 nitrogen and oxygen atoms in total. The maximum Gasteiger partial charge on any atom is 0.338 e. The Hall–Kier alpha value is -3.11. The summed E-state index contributed by atoms with van der Waals surface area (Å²) in [6.45, 7) is 0.127. The summed E-state index contributed by atoms with van der Waals surface area (Å²) in [5.74, 6) is -1.19. The summed E-state index contributed by atoms with van der Waals surface area (Å²) in [6, 6.07) is 9.88. The number of nitriles is 2. The van der Waals surface area contributed by atoms with Crippen LogP contribution in [0.5, 0.6) is 0 Å². The van der Waals surface area contributed by atoms with Gasteiger partial charge in [0.2, 0.25) is 10.0 Å². The largest absolute Gasteiger partial charge is 0.452 e. The Bertz CT molecular complexity index is 899. The van der Waals surface area contributed by atoms with Gasteiger partial charge in [-0.1, -0.05) is 6.07 Å². The zero-order valence-corrected chi connectivity index (χ0v) is 16.0. The number of amides is 1. The van der Waals surface area contributed by atoms with E-state index in [1.54, 1.807) is 12.1 Å². The van der Waals surface area contributed by atoms with Crippen LogP contribution in [-0.4, -0.2) is 57.2 Å². The van der Waals surface area contributed by atoms with Crippen LogP contribution in [0.2, 0.25) is 0 Å². The van der Waals surface area contributed by atoms with E-state index in [1.807, 2.05) is 12.1 Å². The number of ether oxygens (including phenoxy) is 1. The predicted octanol–water partition coefficient (Wildman–Crippen LogP) is 1.04. The molecular formula is C18H20N4O5S. The van der Waals surface area contributed by atoms with E-state index >= 15 is 0 Å². The van der Waals surface area contributed by atoms with Gasteiger partial charge in [0.1, 0.15) is 0 Å². The Morgan fingerprint density at radius 3 is 2.43 bits per heavy atom. The summed E-state index contributed by atoms with van der Waals surface area (Å²) in [7, 11) is -3.37. The highest BCUT2D eigenvalue weighted by molar-refractivity contribution is 7.93. The van der Waals surface area contributed by atoms with E-state index in [0.717, 1.165) is 0 Å². The maximum atomic E-state index is 12.3. The molecule has 0 radical (unpaired) electrons. The van der Waals surface area contributed by atoms with Gasteiger partial charge in [-0.05, 0) is 24.6 Å². The molecule has 0 atom stereocenters. The third-order valence-electron chi connectivity index (χ3n) is 4.14. The molecule has 148 valence electrons. The van der Waals surface area contributed by atoms with Crippen molar-refractivity contribution < 1.29 is 22.7 Å². The van der Waals surface area contributed by atoms with E-state index in [4.69, 9.17) is 15.3 Å². The molecule has 1 aromatic rings. The first-order valence-electron chi connectivity index (χ1n) is 8.68. The van der Waals surface area contributed by atoms with E-state index in [2.05, 4.69) is 0 Å². The highest BCUT2D eigenvalue weighted by Gasteiger charge is 2.29. The van der Waals surface area contributed by atoms with Crippen LogP contribution in [0.1, 0.15) is 29.6 Å². The summed E-state index contributed by atoms with van der Waals surface area (Å²) >= 11 is 0. The van der Waals surface area contributed by atoms with Crippen LogP contribution in [-0.2, 0) is 19.6 Å². The normalized spacial score (nSPS) is 14.7. The van der Waals surface area contributed by atoms with Crippen molar-refractivity contribution in [2.24, 2.45) is 0 Å². The van der Waals surface area contributed by atoms with Crippen LogP contribution >= 0.6 is 0 Å². The lowest BCUT2D eigenvalue weighted by Crippen LogP contribution is -2.36. The fourth-order valence-corrected chi connectivity index (χ4v) is 4.31. The summed E-state index contributed by atoms with van der Waals surface area (Å²) in [5.41, 5.74) is 0.510. The van der Waals surface area contributed by atoms with E-state index in [1.165, 1.54) is 21.3 Å². The maximum absolute atomic E-state index is 12.3. The standard InChI is InChI=1S/C18H20N4O5S/c19-7-2-9-21(10-3-8-20)17(23)14-27-18(24)15-5-1-6-16(13-15)22-11-4-12-28(22,25)26/h1,5-6,13H,2-4,9-12,14H2. The van der Waals surface area contributed by atoms with Crippen molar-refractivity contribution in [3.8, 4) is 12.1 Å². The minimum atomic E-state index is -3.37. The smallest absolute Gasteiger partial charge is 0.338 e. The van der Waals surface area contributed by atoms with E-state index in [9.17, 15) is 18.0 Å². The van der Waals surface area contributed by atoms with Gasteiger partial charge in [0, 0.05) is 19.6 Å². The second-order valence-corrected chi connectivity index (χ2v) is 8.08. The molecule has 0 spiro atoms. The topological polar surface area (TPSA) is 132 Å². The highest BCUT2D eigenvalue weighted by atomic mass is 32.2. The van der Waals surface area contributed by atoms with Gasteiger partial charge in [0.15, 0.2) is 6.61 Å². The van der Waals surface area contributed by atoms with Crippen molar-refractivity contribution in [2.45, 2.75) is 19.3 Å². The Kier molecular flexibility index (Phi) is 7.36. The molecule has 0 bridgehead atoms. The first-order valence-corrected chi connectivity index (χ1v) is 10.3. The number of carbonyl (C=O) groups is 2. The van der Waals surface area contributed by atoms with Gasteiger partial charge in [-0.3, -0.25) is 9.10 Å². The van der Waals surface area contributed by atoms with Gasteiger partial charge in [0.25, 0.3) is 5.91 Å². The van der Waals surface area contributed by atoms with Crippen LogP contribution < -0.4 is 4.31 Å². The average molecular weight is 404 g/mol. The predicted molar refractivity (Wildman–Crippen MR) is 99.5 cm³/mol. The van der Waals surface area contributed by atoms with Crippen molar-refractivity contribution in [1.82, 2.24) is 4.90 Å². The zero-order valence-electron chi connectivity index (χ0n) is 15.2. The van der Waals surface area contributed by atoms with E-state index < -0.39 is 28.5 Å². The molecule has 0 aliphatic carbocycles. The zero-order chi connectivity index (χ0) is 20.6. The minimum Gasteiger partial charge on any atom is -0.452 e. The lowest BCUT2D eigenvalue weighted by molar-refractivity contribution is -0.134. The summed E-state index contributed by atoms with van der Waals surface area (Å²) in [6.07, 6.45) is 0.738. The van der Waals surface area contributed by atoms with E-state index in [0.29, 0.717) is 18.7 Å². The quantitative estimate of drug-likeness (QED) is 0.591. The molecule has 0 aromatic heterocycles. The van der Waals surface area contributed by atoms with Crippen LogP contribution in [0.15, 0.2) is 24.3 Å². The Labute approximate surface area is 163 Å². The SMILES string of the molecule is N#CCCN(CCC#N)C(=O)COC(=O)c1cccc(N2CCCS2(=O)=O)c1. The fraction of sp³-hybridized carbons (Fsp3) is 0.444. The number of hydrogen-bond donors (Lipinski definition) is 0. The van der Waals surface area contributed by atoms with Crippen LogP contribution in [0.4, 0.5) is 5.69 Å². The molecule has 1 fully saturated rings. The number of sulfonamides is 1. The Balaban J connectivity index is 2.01. The minimum absolute atomic E-state index is 0.0669. The summed E-state index contributed by atoms with van der Waals surface area (Å²) in [5, 5.41) is 17.3. The van der Waals surface area contributed by atoms with Gasteiger partial charge in [0.05, 0.1) is 42.0 Å². The second kappa shape index (κ2) is 9.72. The summed E-state index contributed by atoms with van der Waals surface area (Å²) in [4.78, 5) is 25.8.